The number of carbonyl (C=O) groups is 1. The van der Waals surface area contributed by atoms with Crippen molar-refractivity contribution in [3.05, 3.63) is 0 Å². The molecule has 1 rings (SSSR count). The second-order valence-corrected chi connectivity index (χ2v) is 5.69. The lowest BCUT2D eigenvalue weighted by atomic mass is 9.87. The molecule has 3 unspecified atom stereocenters. The first-order valence-corrected chi connectivity index (χ1v) is 7.10. The molecule has 0 aromatic carbocycles. The molecular formula is C14H28N2O2. The van der Waals surface area contributed by atoms with Crippen molar-refractivity contribution in [2.45, 2.75) is 39.7 Å². The number of carbonyl (C=O) groups excluding carboxylic acids is 1. The van der Waals surface area contributed by atoms with Gasteiger partial charge >= 0.3 is 0 Å². The predicted octanol–water partition coefficient (Wildman–Crippen LogP) is 1.41. The first kappa shape index (κ1) is 15.4. The van der Waals surface area contributed by atoms with Gasteiger partial charge in [-0.15, -0.1) is 0 Å². The van der Waals surface area contributed by atoms with Gasteiger partial charge in [-0.05, 0) is 25.8 Å². The average molecular weight is 256 g/mol. The molecule has 3 atom stereocenters. The Labute approximate surface area is 111 Å². The summed E-state index contributed by atoms with van der Waals surface area (Å²) in [6.45, 7) is 8.66. The summed E-state index contributed by atoms with van der Waals surface area (Å²) in [7, 11) is 1.87. The molecule has 1 aliphatic heterocycles. The first-order valence-electron chi connectivity index (χ1n) is 7.10. The molecule has 0 aliphatic carbocycles. The lowest BCUT2D eigenvalue weighted by Crippen LogP contribution is -2.43. The number of ether oxygens (including phenoxy) is 1. The van der Waals surface area contributed by atoms with Crippen LogP contribution in [-0.2, 0) is 9.53 Å². The summed E-state index contributed by atoms with van der Waals surface area (Å²) in [5, 5.41) is 6.09. The molecule has 1 saturated heterocycles. The number of amides is 1. The SMILES string of the molecule is CNCC(C)C(=O)NCC1CCCOC1C(C)C. The van der Waals surface area contributed by atoms with Gasteiger partial charge in [-0.2, -0.15) is 0 Å². The molecule has 0 bridgehead atoms. The summed E-state index contributed by atoms with van der Waals surface area (Å²) in [5.41, 5.74) is 0. The number of hydrogen-bond acceptors (Lipinski definition) is 3. The molecule has 1 fully saturated rings. The van der Waals surface area contributed by atoms with E-state index in [9.17, 15) is 4.79 Å². The summed E-state index contributed by atoms with van der Waals surface area (Å²) < 4.78 is 5.83. The zero-order chi connectivity index (χ0) is 13.5. The highest BCUT2D eigenvalue weighted by Gasteiger charge is 2.28. The van der Waals surface area contributed by atoms with Crippen LogP contribution < -0.4 is 10.6 Å². The highest BCUT2D eigenvalue weighted by atomic mass is 16.5. The van der Waals surface area contributed by atoms with Gasteiger partial charge < -0.3 is 15.4 Å². The van der Waals surface area contributed by atoms with E-state index in [2.05, 4.69) is 24.5 Å². The van der Waals surface area contributed by atoms with Crippen molar-refractivity contribution in [1.82, 2.24) is 10.6 Å². The van der Waals surface area contributed by atoms with Crippen LogP contribution in [0.5, 0.6) is 0 Å². The molecule has 0 spiro atoms. The molecule has 2 N–H and O–H groups in total. The molecular weight excluding hydrogens is 228 g/mol. The van der Waals surface area contributed by atoms with Crippen molar-refractivity contribution in [2.75, 3.05) is 26.7 Å². The van der Waals surface area contributed by atoms with Crippen molar-refractivity contribution in [1.29, 1.82) is 0 Å². The van der Waals surface area contributed by atoms with E-state index in [4.69, 9.17) is 4.74 Å². The third-order valence-electron chi connectivity index (χ3n) is 3.65. The van der Waals surface area contributed by atoms with E-state index in [1.807, 2.05) is 14.0 Å². The summed E-state index contributed by atoms with van der Waals surface area (Å²) in [4.78, 5) is 11.9. The lowest BCUT2D eigenvalue weighted by molar-refractivity contribution is -0.125. The topological polar surface area (TPSA) is 50.4 Å². The highest BCUT2D eigenvalue weighted by molar-refractivity contribution is 5.78. The second-order valence-electron chi connectivity index (χ2n) is 5.69. The van der Waals surface area contributed by atoms with Crippen LogP contribution in [0.15, 0.2) is 0 Å². The maximum Gasteiger partial charge on any atom is 0.224 e. The van der Waals surface area contributed by atoms with Crippen LogP contribution in [0.25, 0.3) is 0 Å². The maximum atomic E-state index is 11.9. The van der Waals surface area contributed by atoms with E-state index < -0.39 is 0 Å². The zero-order valence-electron chi connectivity index (χ0n) is 12.2. The number of hydrogen-bond donors (Lipinski definition) is 2. The van der Waals surface area contributed by atoms with Gasteiger partial charge in [-0.1, -0.05) is 20.8 Å². The van der Waals surface area contributed by atoms with Crippen molar-refractivity contribution in [3.8, 4) is 0 Å². The Kier molecular flexibility index (Phi) is 6.65. The molecule has 0 aromatic heterocycles. The molecule has 1 amide bonds. The average Bonchev–Trinajstić information content (AvgIpc) is 2.36. The van der Waals surface area contributed by atoms with Crippen molar-refractivity contribution in [2.24, 2.45) is 17.8 Å². The minimum absolute atomic E-state index is 0.0250. The van der Waals surface area contributed by atoms with Gasteiger partial charge in [0.05, 0.1) is 6.10 Å². The molecule has 4 heteroatoms. The van der Waals surface area contributed by atoms with Crippen LogP contribution in [0.1, 0.15) is 33.6 Å². The Morgan fingerprint density at radius 3 is 2.72 bits per heavy atom. The first-order chi connectivity index (χ1) is 8.56. The van der Waals surface area contributed by atoms with Gasteiger partial charge in [-0.25, -0.2) is 0 Å². The Morgan fingerprint density at radius 2 is 2.11 bits per heavy atom. The van der Waals surface area contributed by atoms with E-state index in [1.165, 1.54) is 0 Å². The molecule has 106 valence electrons. The van der Waals surface area contributed by atoms with Gasteiger partial charge in [0.15, 0.2) is 0 Å². The second kappa shape index (κ2) is 7.74. The van der Waals surface area contributed by atoms with Crippen LogP contribution in [-0.4, -0.2) is 38.8 Å². The monoisotopic (exact) mass is 256 g/mol. The van der Waals surface area contributed by atoms with Crippen molar-refractivity contribution in [3.63, 3.8) is 0 Å². The maximum absolute atomic E-state index is 11.9. The van der Waals surface area contributed by atoms with Crippen LogP contribution in [0.4, 0.5) is 0 Å². The summed E-state index contributed by atoms with van der Waals surface area (Å²) in [5.74, 6) is 1.14. The minimum atomic E-state index is 0.0250. The normalized spacial score (nSPS) is 26.1. The zero-order valence-corrected chi connectivity index (χ0v) is 12.2. The lowest BCUT2D eigenvalue weighted by Gasteiger charge is -2.34. The Morgan fingerprint density at radius 1 is 1.39 bits per heavy atom. The number of nitrogens with one attached hydrogen (secondary N) is 2. The summed E-state index contributed by atoms with van der Waals surface area (Å²) in [6, 6.07) is 0. The molecule has 1 aliphatic rings. The van der Waals surface area contributed by atoms with E-state index in [0.29, 0.717) is 17.9 Å². The predicted molar refractivity (Wildman–Crippen MR) is 73.4 cm³/mol. The van der Waals surface area contributed by atoms with E-state index in [-0.39, 0.29) is 11.8 Å². The molecule has 0 radical (unpaired) electrons. The van der Waals surface area contributed by atoms with Crippen molar-refractivity contribution < 1.29 is 9.53 Å². The van der Waals surface area contributed by atoms with Crippen LogP contribution >= 0.6 is 0 Å². The fourth-order valence-electron chi connectivity index (χ4n) is 2.63. The smallest absolute Gasteiger partial charge is 0.224 e. The quantitative estimate of drug-likeness (QED) is 0.755. The third-order valence-corrected chi connectivity index (χ3v) is 3.65. The van der Waals surface area contributed by atoms with Crippen LogP contribution in [0, 0.1) is 17.8 Å². The Bertz CT molecular complexity index is 256. The van der Waals surface area contributed by atoms with Crippen LogP contribution in [0.2, 0.25) is 0 Å². The van der Waals surface area contributed by atoms with Gasteiger partial charge in [0.25, 0.3) is 0 Å². The molecule has 0 saturated carbocycles. The minimum Gasteiger partial charge on any atom is -0.378 e. The molecule has 18 heavy (non-hydrogen) atoms. The highest BCUT2D eigenvalue weighted by Crippen LogP contribution is 2.25. The standard InChI is InChI=1S/C14H28N2O2/c1-10(2)13-12(6-5-7-18-13)9-16-14(17)11(3)8-15-4/h10-13,15H,5-9H2,1-4H3,(H,16,17). The fourth-order valence-corrected chi connectivity index (χ4v) is 2.63. The fraction of sp³-hybridized carbons (Fsp3) is 0.929. The van der Waals surface area contributed by atoms with Gasteiger partial charge in [0, 0.05) is 31.5 Å². The molecule has 0 aromatic rings. The molecule has 1 heterocycles. The summed E-state index contributed by atoms with van der Waals surface area (Å²) in [6.07, 6.45) is 2.55. The van der Waals surface area contributed by atoms with Gasteiger partial charge in [-0.3, -0.25) is 4.79 Å². The molecule has 4 nitrogen and oxygen atoms in total. The Hall–Kier alpha value is -0.610. The number of rotatable bonds is 6. The van der Waals surface area contributed by atoms with Crippen molar-refractivity contribution >= 4 is 5.91 Å². The van der Waals surface area contributed by atoms with Gasteiger partial charge in [0.2, 0.25) is 5.91 Å². The summed E-state index contributed by atoms with van der Waals surface area (Å²) >= 11 is 0. The van der Waals surface area contributed by atoms with Crippen LogP contribution in [0.3, 0.4) is 0 Å². The van der Waals surface area contributed by atoms with E-state index in [0.717, 1.165) is 32.5 Å². The van der Waals surface area contributed by atoms with E-state index >= 15 is 0 Å². The van der Waals surface area contributed by atoms with Gasteiger partial charge in [0.1, 0.15) is 0 Å². The Balaban J connectivity index is 2.38. The van der Waals surface area contributed by atoms with E-state index in [1.54, 1.807) is 0 Å². The third kappa shape index (κ3) is 4.58. The largest absolute Gasteiger partial charge is 0.378 e.